The molecule has 3 unspecified atom stereocenters. The van der Waals surface area contributed by atoms with Crippen LogP contribution in [0.1, 0.15) is 39.0 Å². The minimum absolute atomic E-state index is 0.0621. The molecule has 2 aliphatic carbocycles. The highest BCUT2D eigenvalue weighted by Gasteiger charge is 2.37. The number of nitrogens with zero attached hydrogens (tertiary/aromatic N) is 1. The number of rotatable bonds is 1. The summed E-state index contributed by atoms with van der Waals surface area (Å²) in [4.78, 5) is 0. The molecular formula is C12H18N2. The van der Waals surface area contributed by atoms with Crippen LogP contribution >= 0.6 is 0 Å². The summed E-state index contributed by atoms with van der Waals surface area (Å²) < 4.78 is 0. The maximum atomic E-state index is 8.91. The summed E-state index contributed by atoms with van der Waals surface area (Å²) in [6, 6.07) is 1.86. The molecule has 0 heterocycles. The highest BCUT2D eigenvalue weighted by molar-refractivity contribution is 5.21. The van der Waals surface area contributed by atoms with Gasteiger partial charge in [-0.15, -0.1) is 0 Å². The Kier molecular flexibility index (Phi) is 2.36. The van der Waals surface area contributed by atoms with E-state index < -0.39 is 0 Å². The van der Waals surface area contributed by atoms with Crippen LogP contribution in [0.2, 0.25) is 0 Å². The zero-order chi connectivity index (χ0) is 10.2. The molecule has 14 heavy (non-hydrogen) atoms. The monoisotopic (exact) mass is 190 g/mol. The zero-order valence-electron chi connectivity index (χ0n) is 8.79. The van der Waals surface area contributed by atoms with Crippen LogP contribution in [0.4, 0.5) is 0 Å². The molecule has 76 valence electrons. The summed E-state index contributed by atoms with van der Waals surface area (Å²) >= 11 is 0. The Labute approximate surface area is 85.8 Å². The quantitative estimate of drug-likeness (QED) is 0.645. The molecular weight excluding hydrogens is 172 g/mol. The van der Waals surface area contributed by atoms with Gasteiger partial charge in [0.1, 0.15) is 6.04 Å². The van der Waals surface area contributed by atoms with Crippen LogP contribution in [-0.4, -0.2) is 6.04 Å². The molecule has 0 aromatic rings. The van der Waals surface area contributed by atoms with E-state index in [1.807, 2.05) is 0 Å². The van der Waals surface area contributed by atoms with Gasteiger partial charge in [0.15, 0.2) is 0 Å². The first-order chi connectivity index (χ1) is 6.64. The van der Waals surface area contributed by atoms with Gasteiger partial charge in [0.05, 0.1) is 6.07 Å². The maximum Gasteiger partial charge on any atom is 0.102 e. The van der Waals surface area contributed by atoms with Gasteiger partial charge in [-0.1, -0.05) is 18.6 Å². The Morgan fingerprint density at radius 2 is 2.50 bits per heavy atom. The van der Waals surface area contributed by atoms with Gasteiger partial charge in [-0.05, 0) is 38.0 Å². The zero-order valence-corrected chi connectivity index (χ0v) is 8.79. The minimum Gasteiger partial charge on any atom is -0.315 e. The second-order valence-corrected chi connectivity index (χ2v) is 5.08. The van der Waals surface area contributed by atoms with Crippen molar-refractivity contribution in [3.05, 3.63) is 11.6 Å². The SMILES string of the molecule is CC1(C(N)C#N)C=C2CCCC(C2)C1. The molecule has 0 aromatic heterocycles. The Balaban J connectivity index is 2.26. The molecule has 0 aliphatic heterocycles. The van der Waals surface area contributed by atoms with E-state index in [4.69, 9.17) is 11.0 Å². The molecule has 0 aromatic carbocycles. The van der Waals surface area contributed by atoms with Crippen LogP contribution in [0.5, 0.6) is 0 Å². The smallest absolute Gasteiger partial charge is 0.102 e. The number of hydrogen-bond donors (Lipinski definition) is 1. The highest BCUT2D eigenvalue weighted by atomic mass is 14.7. The summed E-state index contributed by atoms with van der Waals surface area (Å²) in [5, 5.41) is 8.91. The van der Waals surface area contributed by atoms with Crippen molar-refractivity contribution in [2.75, 3.05) is 0 Å². The van der Waals surface area contributed by atoms with Gasteiger partial charge in [0.2, 0.25) is 0 Å². The molecule has 1 fully saturated rings. The molecule has 0 amide bonds. The number of nitrogens with two attached hydrogens (primary N) is 1. The standard InChI is InChI=1S/C12H18N2/c1-12(11(14)8-13)6-9-3-2-4-10(5-9)7-12/h6,10-11H,2-5,7,14H2,1H3. The molecule has 2 aliphatic rings. The number of allylic oxidation sites excluding steroid dienone is 1. The Morgan fingerprint density at radius 3 is 3.14 bits per heavy atom. The van der Waals surface area contributed by atoms with Crippen molar-refractivity contribution in [2.45, 2.75) is 45.1 Å². The van der Waals surface area contributed by atoms with Gasteiger partial charge in [-0.3, -0.25) is 0 Å². The van der Waals surface area contributed by atoms with E-state index in [0.717, 1.165) is 12.3 Å². The van der Waals surface area contributed by atoms with Crippen LogP contribution < -0.4 is 5.73 Å². The van der Waals surface area contributed by atoms with E-state index >= 15 is 0 Å². The topological polar surface area (TPSA) is 49.8 Å². The summed E-state index contributed by atoms with van der Waals surface area (Å²) in [6.45, 7) is 2.14. The minimum atomic E-state index is -0.335. The lowest BCUT2D eigenvalue weighted by atomic mass is 9.65. The van der Waals surface area contributed by atoms with E-state index in [2.05, 4.69) is 19.1 Å². The molecule has 0 saturated heterocycles. The Hall–Kier alpha value is -0.810. The molecule has 2 bridgehead atoms. The van der Waals surface area contributed by atoms with Gasteiger partial charge < -0.3 is 5.73 Å². The number of nitriles is 1. The first kappa shape index (κ1) is 9.73. The van der Waals surface area contributed by atoms with E-state index in [-0.39, 0.29) is 11.5 Å². The molecule has 0 spiro atoms. The second kappa shape index (κ2) is 3.40. The van der Waals surface area contributed by atoms with Crippen LogP contribution in [0.25, 0.3) is 0 Å². The fourth-order valence-corrected chi connectivity index (χ4v) is 3.01. The van der Waals surface area contributed by atoms with Gasteiger partial charge in [0.25, 0.3) is 0 Å². The van der Waals surface area contributed by atoms with Gasteiger partial charge in [0, 0.05) is 5.41 Å². The van der Waals surface area contributed by atoms with Crippen molar-refractivity contribution in [3.63, 3.8) is 0 Å². The summed E-state index contributed by atoms with van der Waals surface area (Å²) in [7, 11) is 0. The van der Waals surface area contributed by atoms with Gasteiger partial charge in [-0.25, -0.2) is 0 Å². The fourth-order valence-electron chi connectivity index (χ4n) is 3.01. The largest absolute Gasteiger partial charge is 0.315 e. The lowest BCUT2D eigenvalue weighted by Crippen LogP contribution is -2.41. The van der Waals surface area contributed by atoms with Crippen LogP contribution in [0.3, 0.4) is 0 Å². The van der Waals surface area contributed by atoms with Crippen molar-refractivity contribution in [3.8, 4) is 6.07 Å². The fraction of sp³-hybridized carbons (Fsp3) is 0.750. The number of hydrogen-bond acceptors (Lipinski definition) is 2. The van der Waals surface area contributed by atoms with Crippen LogP contribution in [-0.2, 0) is 0 Å². The third-order valence-electron chi connectivity index (χ3n) is 3.77. The van der Waals surface area contributed by atoms with E-state index in [9.17, 15) is 0 Å². The van der Waals surface area contributed by atoms with Crippen LogP contribution in [0, 0.1) is 22.7 Å². The van der Waals surface area contributed by atoms with Gasteiger partial charge in [-0.2, -0.15) is 5.26 Å². The van der Waals surface area contributed by atoms with Crippen molar-refractivity contribution in [2.24, 2.45) is 17.1 Å². The second-order valence-electron chi connectivity index (χ2n) is 5.08. The first-order valence-electron chi connectivity index (χ1n) is 5.50. The van der Waals surface area contributed by atoms with E-state index in [1.54, 1.807) is 5.57 Å². The predicted molar refractivity (Wildman–Crippen MR) is 56.4 cm³/mol. The number of fused-ring (bicyclic) bond motifs is 2. The summed E-state index contributed by atoms with van der Waals surface area (Å²) in [6.07, 6.45) is 8.53. The lowest BCUT2D eigenvalue weighted by Gasteiger charge is -2.40. The average Bonchev–Trinajstić information content (AvgIpc) is 2.15. The Morgan fingerprint density at radius 1 is 1.71 bits per heavy atom. The highest BCUT2D eigenvalue weighted by Crippen LogP contribution is 2.45. The van der Waals surface area contributed by atoms with Crippen molar-refractivity contribution in [1.29, 1.82) is 5.26 Å². The molecule has 2 N–H and O–H groups in total. The molecule has 2 rings (SSSR count). The average molecular weight is 190 g/mol. The van der Waals surface area contributed by atoms with E-state index in [1.165, 1.54) is 25.7 Å². The molecule has 2 heteroatoms. The maximum absolute atomic E-state index is 8.91. The summed E-state index contributed by atoms with van der Waals surface area (Å²) in [5.74, 6) is 0.785. The molecule has 3 atom stereocenters. The third kappa shape index (κ3) is 1.57. The third-order valence-corrected chi connectivity index (χ3v) is 3.77. The lowest BCUT2D eigenvalue weighted by molar-refractivity contribution is 0.229. The Bertz CT molecular complexity index is 300. The predicted octanol–water partition coefficient (Wildman–Crippen LogP) is 2.36. The summed E-state index contributed by atoms with van der Waals surface area (Å²) in [5.41, 5.74) is 7.36. The first-order valence-corrected chi connectivity index (χ1v) is 5.50. The van der Waals surface area contributed by atoms with Gasteiger partial charge >= 0.3 is 0 Å². The molecule has 0 radical (unpaired) electrons. The van der Waals surface area contributed by atoms with Crippen molar-refractivity contribution < 1.29 is 0 Å². The van der Waals surface area contributed by atoms with Crippen molar-refractivity contribution >= 4 is 0 Å². The molecule has 1 saturated carbocycles. The molecule has 2 nitrogen and oxygen atoms in total. The van der Waals surface area contributed by atoms with E-state index in [0.29, 0.717) is 0 Å². The van der Waals surface area contributed by atoms with Crippen molar-refractivity contribution in [1.82, 2.24) is 0 Å². The van der Waals surface area contributed by atoms with Crippen LogP contribution in [0.15, 0.2) is 11.6 Å². The normalized spacial score (nSPS) is 38.4.